The number of hydrogen-bond acceptors (Lipinski definition) is 6. The Labute approximate surface area is 169 Å². The molecule has 0 N–H and O–H groups in total. The van der Waals surface area contributed by atoms with Crippen molar-refractivity contribution in [2.75, 3.05) is 7.11 Å². The molecule has 3 heterocycles. The number of fused-ring (bicyclic) bond motifs is 1. The van der Waals surface area contributed by atoms with E-state index in [0.717, 1.165) is 11.3 Å². The summed E-state index contributed by atoms with van der Waals surface area (Å²) in [7, 11) is 1.40. The minimum atomic E-state index is -0.516. The van der Waals surface area contributed by atoms with Crippen molar-refractivity contribution in [3.8, 4) is 28.7 Å². The fourth-order valence-corrected chi connectivity index (χ4v) is 3.46. The van der Waals surface area contributed by atoms with Gasteiger partial charge in [-0.25, -0.2) is 13.8 Å². The fraction of sp³-hybridized carbons (Fsp3) is 0.190. The minimum absolute atomic E-state index is 0.135. The molecule has 0 radical (unpaired) electrons. The molecule has 0 aliphatic carbocycles. The van der Waals surface area contributed by atoms with Gasteiger partial charge in [-0.1, -0.05) is 17.3 Å². The SMILES string of the molecule is COc1ccc(-c2noc(-c3ncn4c3CO[C@H](c3cccc(F)c3)C4)n2)cc1F. The third-order valence-electron chi connectivity index (χ3n) is 4.99. The van der Waals surface area contributed by atoms with Gasteiger partial charge in [0.25, 0.3) is 5.89 Å². The van der Waals surface area contributed by atoms with Crippen LogP contribution in [0.4, 0.5) is 8.78 Å². The summed E-state index contributed by atoms with van der Waals surface area (Å²) < 4.78 is 45.6. The molecule has 5 rings (SSSR count). The van der Waals surface area contributed by atoms with Gasteiger partial charge in [0.1, 0.15) is 11.9 Å². The maximum absolute atomic E-state index is 14.0. The van der Waals surface area contributed by atoms with Gasteiger partial charge < -0.3 is 18.6 Å². The van der Waals surface area contributed by atoms with Gasteiger partial charge in [-0.2, -0.15) is 4.98 Å². The number of methoxy groups -OCH3 is 1. The normalized spacial score (nSPS) is 15.8. The van der Waals surface area contributed by atoms with Gasteiger partial charge >= 0.3 is 0 Å². The van der Waals surface area contributed by atoms with Crippen molar-refractivity contribution in [2.24, 2.45) is 0 Å². The molecule has 0 unspecified atom stereocenters. The van der Waals surface area contributed by atoms with Crippen molar-refractivity contribution in [1.82, 2.24) is 19.7 Å². The van der Waals surface area contributed by atoms with E-state index in [9.17, 15) is 8.78 Å². The number of benzene rings is 2. The molecule has 2 aromatic heterocycles. The molecule has 0 fully saturated rings. The van der Waals surface area contributed by atoms with E-state index < -0.39 is 5.82 Å². The lowest BCUT2D eigenvalue weighted by Crippen LogP contribution is -2.20. The summed E-state index contributed by atoms with van der Waals surface area (Å²) in [5, 5.41) is 3.93. The maximum Gasteiger partial charge on any atom is 0.278 e. The van der Waals surface area contributed by atoms with Crippen LogP contribution in [-0.4, -0.2) is 26.8 Å². The average molecular weight is 410 g/mol. The van der Waals surface area contributed by atoms with Crippen LogP contribution >= 0.6 is 0 Å². The Hall–Kier alpha value is -3.59. The molecule has 1 atom stereocenters. The molecule has 0 saturated carbocycles. The highest BCUT2D eigenvalue weighted by Crippen LogP contribution is 2.32. The van der Waals surface area contributed by atoms with Crippen molar-refractivity contribution in [3.63, 3.8) is 0 Å². The van der Waals surface area contributed by atoms with E-state index in [1.54, 1.807) is 18.5 Å². The van der Waals surface area contributed by atoms with Gasteiger partial charge in [-0.05, 0) is 35.9 Å². The van der Waals surface area contributed by atoms with Crippen LogP contribution in [0.15, 0.2) is 53.3 Å². The van der Waals surface area contributed by atoms with Gasteiger partial charge in [-0.15, -0.1) is 0 Å². The topological polar surface area (TPSA) is 75.2 Å². The van der Waals surface area contributed by atoms with Crippen LogP contribution in [0.5, 0.6) is 5.75 Å². The lowest BCUT2D eigenvalue weighted by atomic mass is 10.1. The van der Waals surface area contributed by atoms with E-state index in [1.165, 1.54) is 31.4 Å². The zero-order valence-corrected chi connectivity index (χ0v) is 15.9. The largest absolute Gasteiger partial charge is 0.494 e. The average Bonchev–Trinajstić information content (AvgIpc) is 3.40. The standard InChI is InChI=1S/C21H16F2N4O3/c1-28-17-6-5-13(8-15(17)23)20-25-21(30-26-20)19-16-10-29-18(9-27(16)11-24-19)12-3-2-4-14(22)7-12/h2-8,11,18H,9-10H2,1H3/t18-/m0/s1. The van der Waals surface area contributed by atoms with E-state index >= 15 is 0 Å². The molecule has 152 valence electrons. The number of nitrogens with zero attached hydrogens (tertiary/aromatic N) is 4. The molecule has 4 aromatic rings. The molecule has 0 saturated heterocycles. The summed E-state index contributed by atoms with van der Waals surface area (Å²) in [6, 6.07) is 10.8. The molecular formula is C21H16F2N4O3. The zero-order valence-electron chi connectivity index (χ0n) is 15.9. The second kappa shape index (κ2) is 7.34. The number of rotatable bonds is 4. The molecule has 2 aromatic carbocycles. The molecule has 0 bridgehead atoms. The number of aromatic nitrogens is 4. The van der Waals surface area contributed by atoms with Gasteiger partial charge in [0.2, 0.25) is 5.82 Å². The minimum Gasteiger partial charge on any atom is -0.494 e. The first-order valence-corrected chi connectivity index (χ1v) is 9.21. The first kappa shape index (κ1) is 18.4. The number of halogens is 2. The summed E-state index contributed by atoms with van der Waals surface area (Å²) in [5.41, 5.74) is 2.50. The van der Waals surface area contributed by atoms with Crippen molar-refractivity contribution < 1.29 is 22.8 Å². The van der Waals surface area contributed by atoms with Crippen LogP contribution in [-0.2, 0) is 17.9 Å². The summed E-state index contributed by atoms with van der Waals surface area (Å²) in [5.74, 6) is -0.236. The van der Waals surface area contributed by atoms with Crippen LogP contribution < -0.4 is 4.74 Å². The van der Waals surface area contributed by atoms with Crippen molar-refractivity contribution in [1.29, 1.82) is 0 Å². The van der Waals surface area contributed by atoms with Gasteiger partial charge in [0, 0.05) is 5.56 Å². The number of ether oxygens (including phenoxy) is 2. The summed E-state index contributed by atoms with van der Waals surface area (Å²) in [6.45, 7) is 0.738. The Kier molecular flexibility index (Phi) is 4.51. The van der Waals surface area contributed by atoms with Crippen LogP contribution in [0.2, 0.25) is 0 Å². The first-order valence-electron chi connectivity index (χ1n) is 9.21. The summed E-state index contributed by atoms with van der Waals surface area (Å²) in [6.07, 6.45) is 1.38. The third-order valence-corrected chi connectivity index (χ3v) is 4.99. The van der Waals surface area contributed by atoms with E-state index in [1.807, 2.05) is 10.6 Å². The highest BCUT2D eigenvalue weighted by molar-refractivity contribution is 5.60. The van der Waals surface area contributed by atoms with Crippen LogP contribution in [0.1, 0.15) is 17.4 Å². The summed E-state index contributed by atoms with van der Waals surface area (Å²) in [4.78, 5) is 8.73. The van der Waals surface area contributed by atoms with E-state index in [-0.39, 0.29) is 36.0 Å². The maximum atomic E-state index is 14.0. The smallest absolute Gasteiger partial charge is 0.278 e. The van der Waals surface area contributed by atoms with Crippen molar-refractivity contribution >= 4 is 0 Å². The van der Waals surface area contributed by atoms with Crippen LogP contribution in [0.25, 0.3) is 23.0 Å². The predicted octanol–water partition coefficient (Wildman–Crippen LogP) is 4.16. The molecular weight excluding hydrogens is 394 g/mol. The van der Waals surface area contributed by atoms with E-state index in [2.05, 4.69) is 15.1 Å². The molecule has 30 heavy (non-hydrogen) atoms. The van der Waals surface area contributed by atoms with Crippen molar-refractivity contribution in [3.05, 3.63) is 71.7 Å². The van der Waals surface area contributed by atoms with Gasteiger partial charge in [0.15, 0.2) is 17.3 Å². The molecule has 1 aliphatic heterocycles. The zero-order chi connectivity index (χ0) is 20.7. The third kappa shape index (κ3) is 3.22. The van der Waals surface area contributed by atoms with E-state index in [0.29, 0.717) is 17.8 Å². The Morgan fingerprint density at radius 2 is 2.07 bits per heavy atom. The first-order chi connectivity index (χ1) is 14.6. The van der Waals surface area contributed by atoms with Gasteiger partial charge in [-0.3, -0.25) is 0 Å². The predicted molar refractivity (Wildman–Crippen MR) is 101 cm³/mol. The van der Waals surface area contributed by atoms with E-state index in [4.69, 9.17) is 14.0 Å². The van der Waals surface area contributed by atoms with Crippen molar-refractivity contribution in [2.45, 2.75) is 19.3 Å². The van der Waals surface area contributed by atoms with Crippen LogP contribution in [0.3, 0.4) is 0 Å². The van der Waals surface area contributed by atoms with Gasteiger partial charge in [0.05, 0.1) is 32.3 Å². The number of hydrogen-bond donors (Lipinski definition) is 0. The lowest BCUT2D eigenvalue weighted by molar-refractivity contribution is 0.00314. The number of imidazole rings is 1. The Morgan fingerprint density at radius 1 is 1.17 bits per heavy atom. The Morgan fingerprint density at radius 3 is 2.87 bits per heavy atom. The molecule has 0 spiro atoms. The molecule has 9 heteroatoms. The summed E-state index contributed by atoms with van der Waals surface area (Å²) >= 11 is 0. The quantitative estimate of drug-likeness (QED) is 0.503. The van der Waals surface area contributed by atoms with Crippen LogP contribution in [0, 0.1) is 11.6 Å². The second-order valence-corrected chi connectivity index (χ2v) is 6.82. The highest BCUT2D eigenvalue weighted by atomic mass is 19.1. The molecule has 0 amide bonds. The second-order valence-electron chi connectivity index (χ2n) is 6.82. The monoisotopic (exact) mass is 410 g/mol. The Balaban J connectivity index is 1.41. The molecule has 1 aliphatic rings. The fourth-order valence-electron chi connectivity index (χ4n) is 3.46. The lowest BCUT2D eigenvalue weighted by Gasteiger charge is -2.25. The highest BCUT2D eigenvalue weighted by Gasteiger charge is 2.27. The Bertz CT molecular complexity index is 1220. The molecule has 7 nitrogen and oxygen atoms in total.